The molecule has 2 aromatic rings. The van der Waals surface area contributed by atoms with E-state index in [1.54, 1.807) is 17.9 Å². The predicted octanol–water partition coefficient (Wildman–Crippen LogP) is 3.53. The number of benzene rings is 1. The number of nitrogens with one attached hydrogen (secondary N) is 2. The molecule has 1 aromatic carbocycles. The molecule has 1 saturated carbocycles. The van der Waals surface area contributed by atoms with Crippen molar-refractivity contribution < 1.29 is 19.1 Å². The average Bonchev–Trinajstić information content (AvgIpc) is 3.49. The molecule has 0 radical (unpaired) electrons. The van der Waals surface area contributed by atoms with Crippen LogP contribution in [0.2, 0.25) is 0 Å². The minimum absolute atomic E-state index is 0.118. The fraction of sp³-hybridized carbons (Fsp3) is 0.538. The molecule has 1 aliphatic heterocycles. The van der Waals surface area contributed by atoms with Crippen molar-refractivity contribution in [1.82, 2.24) is 20.0 Å². The summed E-state index contributed by atoms with van der Waals surface area (Å²) >= 11 is 0. The first kappa shape index (κ1) is 24.8. The summed E-state index contributed by atoms with van der Waals surface area (Å²) in [6, 6.07) is 7.15. The quantitative estimate of drug-likeness (QED) is 0.600. The van der Waals surface area contributed by atoms with Crippen molar-refractivity contribution in [2.75, 3.05) is 19.0 Å². The normalized spacial score (nSPS) is 20.0. The lowest BCUT2D eigenvalue weighted by molar-refractivity contribution is -0.133. The summed E-state index contributed by atoms with van der Waals surface area (Å²) in [5.41, 5.74) is 0.846. The van der Waals surface area contributed by atoms with Gasteiger partial charge in [0.1, 0.15) is 17.0 Å². The van der Waals surface area contributed by atoms with E-state index in [1.165, 1.54) is 17.9 Å². The minimum Gasteiger partial charge on any atom is -0.495 e. The Hall–Kier alpha value is -3.36. The van der Waals surface area contributed by atoms with Crippen molar-refractivity contribution in [3.63, 3.8) is 0 Å². The molecule has 4 rings (SSSR count). The number of anilines is 1. The Bertz CT molecular complexity index is 1120. The van der Waals surface area contributed by atoms with Gasteiger partial charge in [-0.2, -0.15) is 5.10 Å². The van der Waals surface area contributed by atoms with Crippen molar-refractivity contribution in [2.45, 2.75) is 77.4 Å². The summed E-state index contributed by atoms with van der Waals surface area (Å²) in [5, 5.41) is 10.4. The number of aromatic nitrogens is 2. The maximum absolute atomic E-state index is 13.6. The highest BCUT2D eigenvalue weighted by molar-refractivity contribution is 6.06. The van der Waals surface area contributed by atoms with Gasteiger partial charge in [-0.25, -0.2) is 0 Å². The summed E-state index contributed by atoms with van der Waals surface area (Å²) in [6.45, 7) is 6.43. The zero-order chi connectivity index (χ0) is 25.2. The molecule has 1 fully saturated rings. The minimum atomic E-state index is -1.08. The fourth-order valence-electron chi connectivity index (χ4n) is 4.94. The molecule has 0 spiro atoms. The zero-order valence-electron chi connectivity index (χ0n) is 21.0. The number of fused-ring (bicyclic) bond motifs is 1. The van der Waals surface area contributed by atoms with Gasteiger partial charge in [-0.1, -0.05) is 32.3 Å². The summed E-state index contributed by atoms with van der Waals surface area (Å²) in [5.74, 6) is -0.356. The molecule has 9 heteroatoms. The van der Waals surface area contributed by atoms with Gasteiger partial charge in [-0.3, -0.25) is 19.1 Å². The Morgan fingerprint density at radius 2 is 1.97 bits per heavy atom. The van der Waals surface area contributed by atoms with Crippen LogP contribution in [0.25, 0.3) is 0 Å². The van der Waals surface area contributed by atoms with Crippen LogP contribution in [0.3, 0.4) is 0 Å². The van der Waals surface area contributed by atoms with Gasteiger partial charge in [0.15, 0.2) is 5.69 Å². The molecular formula is C26H35N5O4. The number of ether oxygens (including phenoxy) is 1. The Kier molecular flexibility index (Phi) is 7.14. The number of hydrogen-bond donors (Lipinski definition) is 2. The van der Waals surface area contributed by atoms with Crippen molar-refractivity contribution in [1.29, 1.82) is 0 Å². The molecule has 2 aliphatic rings. The number of unbranched alkanes of at least 4 members (excludes halogenated alkanes) is 1. The average molecular weight is 482 g/mol. The van der Waals surface area contributed by atoms with Crippen LogP contribution in [0.5, 0.6) is 5.75 Å². The molecule has 9 nitrogen and oxygen atoms in total. The number of carbonyl (C=O) groups is 3. The van der Waals surface area contributed by atoms with Gasteiger partial charge in [0, 0.05) is 18.7 Å². The third-order valence-electron chi connectivity index (χ3n) is 7.05. The van der Waals surface area contributed by atoms with Gasteiger partial charge in [0.2, 0.25) is 5.91 Å². The van der Waals surface area contributed by atoms with Gasteiger partial charge < -0.3 is 20.3 Å². The van der Waals surface area contributed by atoms with Crippen molar-refractivity contribution in [2.24, 2.45) is 0 Å². The third kappa shape index (κ3) is 4.90. The lowest BCUT2D eigenvalue weighted by Crippen LogP contribution is -2.65. The van der Waals surface area contributed by atoms with E-state index in [4.69, 9.17) is 4.74 Å². The monoisotopic (exact) mass is 481 g/mol. The largest absolute Gasteiger partial charge is 0.495 e. The Labute approximate surface area is 206 Å². The van der Waals surface area contributed by atoms with E-state index in [-0.39, 0.29) is 30.1 Å². The molecule has 1 atom stereocenters. The van der Waals surface area contributed by atoms with Crippen LogP contribution >= 0.6 is 0 Å². The number of aryl methyl sites for hydroxylation is 1. The Morgan fingerprint density at radius 1 is 1.23 bits per heavy atom. The summed E-state index contributed by atoms with van der Waals surface area (Å²) in [7, 11) is 1.54. The van der Waals surface area contributed by atoms with E-state index < -0.39 is 11.4 Å². The van der Waals surface area contributed by atoms with E-state index in [2.05, 4.69) is 22.7 Å². The first-order chi connectivity index (χ1) is 16.8. The molecule has 1 unspecified atom stereocenters. The van der Waals surface area contributed by atoms with Gasteiger partial charge in [0.25, 0.3) is 11.8 Å². The molecule has 188 valence electrons. The Balaban J connectivity index is 1.61. The van der Waals surface area contributed by atoms with Crippen LogP contribution in [-0.2, 0) is 11.3 Å². The topological polar surface area (TPSA) is 106 Å². The maximum Gasteiger partial charge on any atom is 0.276 e. The molecule has 35 heavy (non-hydrogen) atoms. The van der Waals surface area contributed by atoms with Crippen molar-refractivity contribution in [3.8, 4) is 5.75 Å². The van der Waals surface area contributed by atoms with Gasteiger partial charge >= 0.3 is 0 Å². The van der Waals surface area contributed by atoms with Crippen LogP contribution in [-0.4, -0.2) is 57.6 Å². The molecule has 1 aliphatic carbocycles. The number of hydrogen-bond acceptors (Lipinski definition) is 5. The van der Waals surface area contributed by atoms with Crippen LogP contribution in [0.1, 0.15) is 78.9 Å². The number of nitrogens with zero attached hydrogens (tertiary/aromatic N) is 3. The second-order valence-electron chi connectivity index (χ2n) is 9.77. The predicted molar refractivity (Wildman–Crippen MR) is 133 cm³/mol. The van der Waals surface area contributed by atoms with E-state index in [9.17, 15) is 14.4 Å². The van der Waals surface area contributed by atoms with E-state index in [0.717, 1.165) is 44.1 Å². The Morgan fingerprint density at radius 3 is 2.66 bits per heavy atom. The first-order valence-electron chi connectivity index (χ1n) is 12.4. The zero-order valence-corrected chi connectivity index (χ0v) is 21.0. The van der Waals surface area contributed by atoms with Crippen LogP contribution in [0.4, 0.5) is 5.69 Å². The van der Waals surface area contributed by atoms with Crippen LogP contribution < -0.4 is 15.4 Å². The molecule has 2 N–H and O–H groups in total. The second kappa shape index (κ2) is 10.1. The maximum atomic E-state index is 13.6. The third-order valence-corrected chi connectivity index (χ3v) is 7.05. The standard InChI is InChI=1S/C26H35N5O4/c1-5-6-13-30-24(33)21-15-20(23(32)28-19-14-17(2)11-12-22(19)35-4)29-31(21)16-26(30,3)25(34)27-18-9-7-8-10-18/h11-12,14-15,18H,5-10,13,16H2,1-4H3,(H,27,34)(H,28,32). The highest BCUT2D eigenvalue weighted by Crippen LogP contribution is 2.30. The van der Waals surface area contributed by atoms with Gasteiger partial charge in [-0.05, 0) is 50.8 Å². The van der Waals surface area contributed by atoms with Crippen molar-refractivity contribution in [3.05, 3.63) is 41.2 Å². The number of rotatable bonds is 8. The molecule has 0 bridgehead atoms. The van der Waals surface area contributed by atoms with E-state index >= 15 is 0 Å². The highest BCUT2D eigenvalue weighted by Gasteiger charge is 2.48. The summed E-state index contributed by atoms with van der Waals surface area (Å²) in [4.78, 5) is 41.7. The molecular weight excluding hydrogens is 446 g/mol. The van der Waals surface area contributed by atoms with E-state index in [0.29, 0.717) is 23.7 Å². The summed E-state index contributed by atoms with van der Waals surface area (Å²) in [6.07, 6.45) is 5.82. The van der Waals surface area contributed by atoms with E-state index in [1.807, 2.05) is 19.1 Å². The summed E-state index contributed by atoms with van der Waals surface area (Å²) < 4.78 is 6.85. The second-order valence-corrected chi connectivity index (χ2v) is 9.77. The number of methoxy groups -OCH3 is 1. The number of carbonyl (C=O) groups excluding carboxylic acids is 3. The van der Waals surface area contributed by atoms with Crippen LogP contribution in [0.15, 0.2) is 24.3 Å². The van der Waals surface area contributed by atoms with Crippen LogP contribution in [0, 0.1) is 6.92 Å². The SMILES string of the molecule is CCCCN1C(=O)c2cc(C(=O)Nc3cc(C)ccc3OC)nn2CC1(C)C(=O)NC1CCCC1. The highest BCUT2D eigenvalue weighted by atomic mass is 16.5. The molecule has 3 amide bonds. The smallest absolute Gasteiger partial charge is 0.276 e. The lowest BCUT2D eigenvalue weighted by atomic mass is 9.94. The molecule has 1 aromatic heterocycles. The molecule has 2 heterocycles. The number of amides is 3. The van der Waals surface area contributed by atoms with Crippen molar-refractivity contribution >= 4 is 23.4 Å². The van der Waals surface area contributed by atoms with Gasteiger partial charge in [0.05, 0.1) is 19.3 Å². The van der Waals surface area contributed by atoms with Gasteiger partial charge in [-0.15, -0.1) is 0 Å². The molecule has 0 saturated heterocycles. The lowest BCUT2D eigenvalue weighted by Gasteiger charge is -2.43. The fourth-order valence-corrected chi connectivity index (χ4v) is 4.94. The first-order valence-corrected chi connectivity index (χ1v) is 12.4.